The summed E-state index contributed by atoms with van der Waals surface area (Å²) in [6.45, 7) is 0. The van der Waals surface area contributed by atoms with Crippen LogP contribution in [0.1, 0.15) is 5.69 Å². The Morgan fingerprint density at radius 1 is 1.21 bits per heavy atom. The average Bonchev–Trinajstić information content (AvgIpc) is 2.97. The SMILES string of the molecule is FC(F)(F)Sc1ccc(Cl)c(-c2c(CCl)nc3ncnn3c2Cl)c1. The number of rotatable bonds is 3. The Morgan fingerprint density at radius 2 is 1.96 bits per heavy atom. The molecular formula is C13H6Cl3F3N4S. The van der Waals surface area contributed by atoms with E-state index in [9.17, 15) is 13.2 Å². The average molecular weight is 414 g/mol. The van der Waals surface area contributed by atoms with Gasteiger partial charge in [0.05, 0.1) is 11.6 Å². The third kappa shape index (κ3) is 3.42. The van der Waals surface area contributed by atoms with Gasteiger partial charge in [-0.05, 0) is 30.0 Å². The highest BCUT2D eigenvalue weighted by atomic mass is 35.5. The molecule has 0 atom stereocenters. The number of alkyl halides is 4. The first kappa shape index (κ1) is 17.6. The summed E-state index contributed by atoms with van der Waals surface area (Å²) in [5, 5.41) is 4.26. The molecule has 126 valence electrons. The minimum absolute atomic E-state index is 0.0224. The molecule has 1 aromatic carbocycles. The van der Waals surface area contributed by atoms with Crippen LogP contribution < -0.4 is 0 Å². The van der Waals surface area contributed by atoms with Crippen molar-refractivity contribution in [3.8, 4) is 11.1 Å². The molecule has 3 rings (SSSR count). The lowest BCUT2D eigenvalue weighted by atomic mass is 10.1. The standard InChI is InChI=1S/C13H6Cl3F3N4S/c14-4-9-10(11(16)23-12(22-9)20-5-21-23)7-3-6(1-2-8(7)15)24-13(17,18)19/h1-3,5H,4H2. The zero-order valence-corrected chi connectivity index (χ0v) is 14.6. The van der Waals surface area contributed by atoms with Crippen molar-refractivity contribution in [1.82, 2.24) is 19.6 Å². The zero-order valence-electron chi connectivity index (χ0n) is 11.5. The van der Waals surface area contributed by atoms with E-state index in [1.54, 1.807) is 0 Å². The molecule has 0 spiro atoms. The molecule has 0 saturated carbocycles. The van der Waals surface area contributed by atoms with Gasteiger partial charge >= 0.3 is 5.51 Å². The summed E-state index contributed by atoms with van der Waals surface area (Å²) in [6.07, 6.45) is 1.26. The molecule has 0 amide bonds. The lowest BCUT2D eigenvalue weighted by Crippen LogP contribution is -2.03. The van der Waals surface area contributed by atoms with E-state index >= 15 is 0 Å². The van der Waals surface area contributed by atoms with Crippen molar-refractivity contribution in [2.24, 2.45) is 0 Å². The minimum atomic E-state index is -4.42. The third-order valence-electron chi connectivity index (χ3n) is 3.01. The Bertz CT molecular complexity index is 913. The van der Waals surface area contributed by atoms with Crippen molar-refractivity contribution in [2.75, 3.05) is 0 Å². The van der Waals surface area contributed by atoms with Gasteiger partial charge in [-0.3, -0.25) is 0 Å². The first-order valence-corrected chi connectivity index (χ1v) is 8.40. The Hall–Kier alpha value is -1.22. The molecule has 0 radical (unpaired) electrons. The van der Waals surface area contributed by atoms with Gasteiger partial charge in [0.2, 0.25) is 0 Å². The third-order valence-corrected chi connectivity index (χ3v) is 4.67. The molecule has 2 aromatic heterocycles. The van der Waals surface area contributed by atoms with E-state index < -0.39 is 5.51 Å². The number of fused-ring (bicyclic) bond motifs is 1. The van der Waals surface area contributed by atoms with Crippen LogP contribution >= 0.6 is 46.6 Å². The number of hydrogen-bond acceptors (Lipinski definition) is 4. The van der Waals surface area contributed by atoms with Crippen LogP contribution in [0.25, 0.3) is 16.9 Å². The van der Waals surface area contributed by atoms with Crippen molar-refractivity contribution in [3.05, 3.63) is 40.4 Å². The highest BCUT2D eigenvalue weighted by Crippen LogP contribution is 2.42. The number of nitrogens with zero attached hydrogens (tertiary/aromatic N) is 4. The molecule has 11 heteroatoms. The summed E-state index contributed by atoms with van der Waals surface area (Å²) in [4.78, 5) is 8.11. The largest absolute Gasteiger partial charge is 0.446 e. The van der Waals surface area contributed by atoms with Gasteiger partial charge in [-0.15, -0.1) is 11.6 Å². The van der Waals surface area contributed by atoms with Gasteiger partial charge in [-0.25, -0.2) is 4.98 Å². The topological polar surface area (TPSA) is 43.1 Å². The van der Waals surface area contributed by atoms with Crippen LogP contribution in [-0.4, -0.2) is 25.1 Å². The fraction of sp³-hybridized carbons (Fsp3) is 0.154. The molecule has 0 aliphatic carbocycles. The first-order chi connectivity index (χ1) is 11.3. The van der Waals surface area contributed by atoms with Crippen molar-refractivity contribution in [3.63, 3.8) is 0 Å². The summed E-state index contributed by atoms with van der Waals surface area (Å²) in [6, 6.07) is 3.94. The second-order valence-electron chi connectivity index (χ2n) is 4.52. The molecular weight excluding hydrogens is 408 g/mol. The summed E-state index contributed by atoms with van der Waals surface area (Å²) in [5.41, 5.74) is -3.47. The molecule has 0 fully saturated rings. The van der Waals surface area contributed by atoms with Crippen LogP contribution in [-0.2, 0) is 5.88 Å². The number of thioether (sulfide) groups is 1. The van der Waals surface area contributed by atoms with Crippen LogP contribution in [0.4, 0.5) is 13.2 Å². The minimum Gasteiger partial charge on any atom is -0.214 e. The zero-order chi connectivity index (χ0) is 17.5. The van der Waals surface area contributed by atoms with E-state index in [1.807, 2.05) is 0 Å². The van der Waals surface area contributed by atoms with Crippen LogP contribution in [0.15, 0.2) is 29.4 Å². The van der Waals surface area contributed by atoms with Gasteiger partial charge in [0.1, 0.15) is 11.5 Å². The molecule has 0 aliphatic rings. The number of halogens is 6. The molecule has 0 bridgehead atoms. The Labute approximate surface area is 152 Å². The van der Waals surface area contributed by atoms with E-state index in [-0.39, 0.29) is 44.1 Å². The van der Waals surface area contributed by atoms with Gasteiger partial charge in [0, 0.05) is 21.0 Å². The van der Waals surface area contributed by atoms with Gasteiger partial charge < -0.3 is 0 Å². The lowest BCUT2D eigenvalue weighted by Gasteiger charge is -2.13. The van der Waals surface area contributed by atoms with E-state index in [2.05, 4.69) is 15.1 Å². The predicted octanol–water partition coefficient (Wildman–Crippen LogP) is 5.45. The summed E-state index contributed by atoms with van der Waals surface area (Å²) in [5.74, 6) is 0.210. The molecule has 0 saturated heterocycles. The first-order valence-electron chi connectivity index (χ1n) is 6.30. The van der Waals surface area contributed by atoms with Gasteiger partial charge in [-0.2, -0.15) is 27.8 Å². The maximum Gasteiger partial charge on any atom is 0.446 e. The Morgan fingerprint density at radius 3 is 2.62 bits per heavy atom. The quantitative estimate of drug-likeness (QED) is 0.325. The van der Waals surface area contributed by atoms with Crippen molar-refractivity contribution >= 4 is 52.3 Å². The van der Waals surface area contributed by atoms with E-state index in [4.69, 9.17) is 34.8 Å². The van der Waals surface area contributed by atoms with Gasteiger partial charge in [0.25, 0.3) is 5.78 Å². The van der Waals surface area contributed by atoms with Gasteiger partial charge in [-0.1, -0.05) is 23.2 Å². The number of aromatic nitrogens is 4. The molecule has 0 N–H and O–H groups in total. The second-order valence-corrected chi connectivity index (χ2v) is 6.69. The van der Waals surface area contributed by atoms with E-state index in [0.717, 1.165) is 0 Å². The molecule has 0 unspecified atom stereocenters. The monoisotopic (exact) mass is 412 g/mol. The fourth-order valence-electron chi connectivity index (χ4n) is 2.11. The molecule has 2 heterocycles. The fourth-order valence-corrected chi connectivity index (χ4v) is 3.42. The smallest absolute Gasteiger partial charge is 0.214 e. The highest BCUT2D eigenvalue weighted by molar-refractivity contribution is 8.00. The van der Waals surface area contributed by atoms with Crippen LogP contribution in [0.5, 0.6) is 0 Å². The summed E-state index contributed by atoms with van der Waals surface area (Å²) in [7, 11) is 0. The summed E-state index contributed by atoms with van der Waals surface area (Å²) >= 11 is 18.2. The predicted molar refractivity (Wildman–Crippen MR) is 87.7 cm³/mol. The number of benzene rings is 1. The molecule has 3 aromatic rings. The normalized spacial score (nSPS) is 12.1. The van der Waals surface area contributed by atoms with Crippen LogP contribution in [0.3, 0.4) is 0 Å². The maximum absolute atomic E-state index is 12.6. The van der Waals surface area contributed by atoms with Crippen molar-refractivity contribution in [2.45, 2.75) is 16.3 Å². The lowest BCUT2D eigenvalue weighted by molar-refractivity contribution is -0.0328. The van der Waals surface area contributed by atoms with Crippen LogP contribution in [0, 0.1) is 0 Å². The van der Waals surface area contributed by atoms with E-state index in [0.29, 0.717) is 11.3 Å². The maximum atomic E-state index is 12.6. The Balaban J connectivity index is 2.23. The second kappa shape index (κ2) is 6.59. The molecule has 0 aliphatic heterocycles. The highest BCUT2D eigenvalue weighted by Gasteiger charge is 2.30. The van der Waals surface area contributed by atoms with Crippen molar-refractivity contribution in [1.29, 1.82) is 0 Å². The molecule has 4 nitrogen and oxygen atoms in total. The van der Waals surface area contributed by atoms with Crippen molar-refractivity contribution < 1.29 is 13.2 Å². The number of hydrogen-bond donors (Lipinski definition) is 0. The van der Waals surface area contributed by atoms with Crippen LogP contribution in [0.2, 0.25) is 10.2 Å². The van der Waals surface area contributed by atoms with Gasteiger partial charge in [0.15, 0.2) is 0 Å². The molecule has 24 heavy (non-hydrogen) atoms. The van der Waals surface area contributed by atoms with E-state index in [1.165, 1.54) is 29.0 Å². The summed E-state index contributed by atoms with van der Waals surface area (Å²) < 4.78 is 39.1. The Kier molecular flexibility index (Phi) is 4.83.